The number of benzene rings is 1. The lowest BCUT2D eigenvalue weighted by molar-refractivity contribution is -0.123. The van der Waals surface area contributed by atoms with E-state index in [1.54, 1.807) is 0 Å². The van der Waals surface area contributed by atoms with E-state index in [1.165, 1.54) is 17.5 Å². The SMILES string of the molecule is Cc1ccc2c(c1)CCCN2C(=O)C1CCCCC1N. The van der Waals surface area contributed by atoms with Crippen molar-refractivity contribution in [2.75, 3.05) is 11.4 Å². The molecule has 0 aromatic heterocycles. The fraction of sp³-hybridized carbons (Fsp3) is 0.588. The minimum absolute atomic E-state index is 0.0241. The van der Waals surface area contributed by atoms with Gasteiger partial charge in [0, 0.05) is 18.3 Å². The fourth-order valence-electron chi connectivity index (χ4n) is 3.62. The van der Waals surface area contributed by atoms with Crippen LogP contribution in [0.15, 0.2) is 18.2 Å². The Kier molecular flexibility index (Phi) is 3.79. The Bertz CT molecular complexity index is 512. The number of hydrogen-bond donors (Lipinski definition) is 1. The molecule has 3 nitrogen and oxygen atoms in total. The molecule has 2 N–H and O–H groups in total. The maximum Gasteiger partial charge on any atom is 0.231 e. The summed E-state index contributed by atoms with van der Waals surface area (Å²) in [7, 11) is 0. The second-order valence-corrected chi connectivity index (χ2v) is 6.28. The molecular weight excluding hydrogens is 248 g/mol. The highest BCUT2D eigenvalue weighted by atomic mass is 16.2. The molecule has 2 atom stereocenters. The number of carbonyl (C=O) groups is 1. The number of carbonyl (C=O) groups excluding carboxylic acids is 1. The maximum atomic E-state index is 12.9. The second-order valence-electron chi connectivity index (χ2n) is 6.28. The lowest BCUT2D eigenvalue weighted by Crippen LogP contribution is -2.47. The van der Waals surface area contributed by atoms with E-state index < -0.39 is 0 Å². The summed E-state index contributed by atoms with van der Waals surface area (Å²) in [6, 6.07) is 6.48. The van der Waals surface area contributed by atoms with E-state index in [0.717, 1.165) is 44.3 Å². The summed E-state index contributed by atoms with van der Waals surface area (Å²) in [6.45, 7) is 2.95. The fourth-order valence-corrected chi connectivity index (χ4v) is 3.62. The number of nitrogens with zero attached hydrogens (tertiary/aromatic N) is 1. The van der Waals surface area contributed by atoms with Crippen LogP contribution < -0.4 is 10.6 Å². The molecule has 0 bridgehead atoms. The molecule has 1 heterocycles. The molecule has 1 fully saturated rings. The van der Waals surface area contributed by atoms with Crippen molar-refractivity contribution in [1.29, 1.82) is 0 Å². The first-order valence-electron chi connectivity index (χ1n) is 7.83. The van der Waals surface area contributed by atoms with Crippen molar-refractivity contribution < 1.29 is 4.79 Å². The van der Waals surface area contributed by atoms with Crippen LogP contribution in [0, 0.1) is 12.8 Å². The van der Waals surface area contributed by atoms with Gasteiger partial charge in [0.25, 0.3) is 0 Å². The number of fused-ring (bicyclic) bond motifs is 1. The Hall–Kier alpha value is -1.35. The first-order valence-corrected chi connectivity index (χ1v) is 7.83. The Labute approximate surface area is 121 Å². The van der Waals surface area contributed by atoms with Gasteiger partial charge in [0.2, 0.25) is 5.91 Å². The number of anilines is 1. The first kappa shape index (κ1) is 13.6. The van der Waals surface area contributed by atoms with Gasteiger partial charge in [-0.2, -0.15) is 0 Å². The van der Waals surface area contributed by atoms with Gasteiger partial charge in [-0.05, 0) is 44.2 Å². The lowest BCUT2D eigenvalue weighted by Gasteiger charge is -2.36. The highest BCUT2D eigenvalue weighted by Gasteiger charge is 2.33. The van der Waals surface area contributed by atoms with Gasteiger partial charge in [0.15, 0.2) is 0 Å². The topological polar surface area (TPSA) is 46.3 Å². The zero-order valence-corrected chi connectivity index (χ0v) is 12.3. The van der Waals surface area contributed by atoms with Gasteiger partial charge in [-0.25, -0.2) is 0 Å². The Morgan fingerprint density at radius 1 is 1.25 bits per heavy atom. The summed E-state index contributed by atoms with van der Waals surface area (Å²) in [5.74, 6) is 0.276. The molecule has 2 aliphatic rings. The van der Waals surface area contributed by atoms with E-state index >= 15 is 0 Å². The van der Waals surface area contributed by atoms with E-state index in [1.807, 2.05) is 4.90 Å². The van der Waals surface area contributed by atoms with Gasteiger partial charge in [0.1, 0.15) is 0 Å². The van der Waals surface area contributed by atoms with E-state index in [4.69, 9.17) is 5.73 Å². The van der Waals surface area contributed by atoms with Crippen molar-refractivity contribution in [2.45, 2.75) is 51.5 Å². The van der Waals surface area contributed by atoms with Crippen LogP contribution in [0.4, 0.5) is 5.69 Å². The Morgan fingerprint density at radius 2 is 2.05 bits per heavy atom. The molecule has 2 unspecified atom stereocenters. The molecule has 1 saturated carbocycles. The monoisotopic (exact) mass is 272 g/mol. The number of amides is 1. The predicted octanol–water partition coefficient (Wildman–Crippen LogP) is 2.79. The molecule has 1 aromatic rings. The largest absolute Gasteiger partial charge is 0.327 e. The molecule has 1 amide bonds. The summed E-state index contributed by atoms with van der Waals surface area (Å²) in [5.41, 5.74) is 9.88. The summed E-state index contributed by atoms with van der Waals surface area (Å²) in [6.07, 6.45) is 6.39. The third-order valence-electron chi connectivity index (χ3n) is 4.76. The van der Waals surface area contributed by atoms with Gasteiger partial charge in [-0.15, -0.1) is 0 Å². The van der Waals surface area contributed by atoms with Crippen LogP contribution in [0.2, 0.25) is 0 Å². The van der Waals surface area contributed by atoms with Gasteiger partial charge >= 0.3 is 0 Å². The van der Waals surface area contributed by atoms with Crippen LogP contribution in [0.5, 0.6) is 0 Å². The van der Waals surface area contributed by atoms with Crippen molar-refractivity contribution in [3.8, 4) is 0 Å². The van der Waals surface area contributed by atoms with Crippen molar-refractivity contribution >= 4 is 11.6 Å². The summed E-state index contributed by atoms with van der Waals surface area (Å²) >= 11 is 0. The molecule has 20 heavy (non-hydrogen) atoms. The normalized spacial score (nSPS) is 26.2. The van der Waals surface area contributed by atoms with Crippen LogP contribution in [0.1, 0.15) is 43.2 Å². The van der Waals surface area contributed by atoms with Gasteiger partial charge in [-0.3, -0.25) is 4.79 Å². The number of rotatable bonds is 1. The minimum Gasteiger partial charge on any atom is -0.327 e. The van der Waals surface area contributed by atoms with E-state index in [9.17, 15) is 4.79 Å². The third kappa shape index (κ3) is 2.47. The highest BCUT2D eigenvalue weighted by molar-refractivity contribution is 5.96. The van der Waals surface area contributed by atoms with Gasteiger partial charge < -0.3 is 10.6 Å². The predicted molar refractivity (Wildman–Crippen MR) is 81.8 cm³/mol. The van der Waals surface area contributed by atoms with Crippen LogP contribution in [0.3, 0.4) is 0 Å². The summed E-state index contributed by atoms with van der Waals surface area (Å²) < 4.78 is 0. The smallest absolute Gasteiger partial charge is 0.231 e. The third-order valence-corrected chi connectivity index (χ3v) is 4.76. The number of hydrogen-bond acceptors (Lipinski definition) is 2. The average Bonchev–Trinajstić information content (AvgIpc) is 2.46. The van der Waals surface area contributed by atoms with Crippen molar-refractivity contribution in [2.24, 2.45) is 11.7 Å². The van der Waals surface area contributed by atoms with Gasteiger partial charge in [-0.1, -0.05) is 30.5 Å². The second kappa shape index (κ2) is 5.57. The summed E-state index contributed by atoms with van der Waals surface area (Å²) in [4.78, 5) is 14.9. The zero-order chi connectivity index (χ0) is 14.1. The van der Waals surface area contributed by atoms with E-state index in [2.05, 4.69) is 25.1 Å². The van der Waals surface area contributed by atoms with Crippen LogP contribution >= 0.6 is 0 Å². The quantitative estimate of drug-likeness (QED) is 0.854. The standard InChI is InChI=1S/C17H24N2O/c1-12-8-9-16-13(11-12)5-4-10-19(16)17(20)14-6-2-3-7-15(14)18/h8-9,11,14-15H,2-7,10,18H2,1H3. The molecular formula is C17H24N2O. The van der Waals surface area contributed by atoms with E-state index in [-0.39, 0.29) is 17.9 Å². The van der Waals surface area contributed by atoms with Gasteiger partial charge in [0.05, 0.1) is 5.92 Å². The van der Waals surface area contributed by atoms with Crippen LogP contribution in [0.25, 0.3) is 0 Å². The zero-order valence-electron chi connectivity index (χ0n) is 12.3. The molecule has 0 radical (unpaired) electrons. The number of aryl methyl sites for hydroxylation is 2. The molecule has 1 aromatic carbocycles. The molecule has 0 spiro atoms. The van der Waals surface area contributed by atoms with Crippen molar-refractivity contribution in [1.82, 2.24) is 0 Å². The first-order chi connectivity index (χ1) is 9.66. The van der Waals surface area contributed by atoms with Crippen molar-refractivity contribution in [3.05, 3.63) is 29.3 Å². The highest BCUT2D eigenvalue weighted by Crippen LogP contribution is 2.32. The maximum absolute atomic E-state index is 12.9. The molecule has 3 rings (SSSR count). The lowest BCUT2D eigenvalue weighted by atomic mass is 9.83. The molecule has 1 aliphatic heterocycles. The summed E-state index contributed by atoms with van der Waals surface area (Å²) in [5, 5.41) is 0. The molecule has 1 aliphatic carbocycles. The molecule has 3 heteroatoms. The van der Waals surface area contributed by atoms with Crippen LogP contribution in [-0.4, -0.2) is 18.5 Å². The Morgan fingerprint density at radius 3 is 2.85 bits per heavy atom. The average molecular weight is 272 g/mol. The minimum atomic E-state index is 0.0241. The number of nitrogens with two attached hydrogens (primary N) is 1. The molecule has 0 saturated heterocycles. The molecule has 108 valence electrons. The van der Waals surface area contributed by atoms with Crippen LogP contribution in [-0.2, 0) is 11.2 Å². The Balaban J connectivity index is 1.86. The van der Waals surface area contributed by atoms with Crippen molar-refractivity contribution in [3.63, 3.8) is 0 Å². The van der Waals surface area contributed by atoms with E-state index in [0.29, 0.717) is 0 Å².